The number of piperazine rings is 2. The van der Waals surface area contributed by atoms with Gasteiger partial charge in [-0.15, -0.1) is 0 Å². The topological polar surface area (TPSA) is 87.8 Å². The minimum Gasteiger partial charge on any atom is -0.339 e. The molecule has 2 aliphatic heterocycles. The van der Waals surface area contributed by atoms with Crippen LogP contribution in [0.15, 0.2) is 71.5 Å². The summed E-state index contributed by atoms with van der Waals surface area (Å²) in [5.74, 6) is 0.596. The molecule has 1 aromatic heterocycles. The van der Waals surface area contributed by atoms with Crippen LogP contribution >= 0.6 is 0 Å². The Hall–Kier alpha value is -3.69. The van der Waals surface area contributed by atoms with E-state index in [0.717, 1.165) is 50.4 Å². The van der Waals surface area contributed by atoms with Gasteiger partial charge in [0.05, 0.1) is 5.69 Å². The fourth-order valence-corrected chi connectivity index (χ4v) is 5.06. The van der Waals surface area contributed by atoms with E-state index >= 15 is 0 Å². The average Bonchev–Trinajstić information content (AvgIpc) is 2.96. The maximum absolute atomic E-state index is 12.6. The molecule has 9 nitrogen and oxygen atoms in total. The Morgan fingerprint density at radius 3 is 2.13 bits per heavy atom. The summed E-state index contributed by atoms with van der Waals surface area (Å²) >= 11 is 0. The van der Waals surface area contributed by atoms with Crippen LogP contribution < -0.4 is 15.8 Å². The maximum atomic E-state index is 12.6. The molecule has 2 amide bonds. The molecule has 0 aliphatic carbocycles. The van der Waals surface area contributed by atoms with Crippen LogP contribution in [0.2, 0.25) is 0 Å². The number of H-pyrrole nitrogens is 1. The molecule has 0 bridgehead atoms. The Kier molecular flexibility index (Phi) is 8.67. The van der Waals surface area contributed by atoms with Crippen LogP contribution in [0.25, 0.3) is 0 Å². The minimum atomic E-state index is -0.130. The Morgan fingerprint density at radius 1 is 0.816 bits per heavy atom. The van der Waals surface area contributed by atoms with E-state index in [9.17, 15) is 9.59 Å². The largest absolute Gasteiger partial charge is 0.339 e. The molecule has 38 heavy (non-hydrogen) atoms. The van der Waals surface area contributed by atoms with Crippen molar-refractivity contribution in [2.75, 3.05) is 63.8 Å². The third-order valence-corrected chi connectivity index (χ3v) is 7.35. The zero-order valence-electron chi connectivity index (χ0n) is 21.9. The zero-order valence-corrected chi connectivity index (χ0v) is 21.9. The number of hydrogen-bond donors (Lipinski definition) is 2. The summed E-state index contributed by atoms with van der Waals surface area (Å²) in [4.78, 5) is 41.5. The van der Waals surface area contributed by atoms with Crippen LogP contribution in [0.5, 0.6) is 0 Å². The lowest BCUT2D eigenvalue weighted by Crippen LogP contribution is -2.52. The second-order valence-corrected chi connectivity index (χ2v) is 10.0. The summed E-state index contributed by atoms with van der Waals surface area (Å²) in [6, 6.07) is 22.1. The van der Waals surface area contributed by atoms with Gasteiger partial charge in [-0.25, -0.2) is 9.78 Å². The Bertz CT molecular complexity index is 1220. The van der Waals surface area contributed by atoms with E-state index in [1.807, 2.05) is 35.2 Å². The fourth-order valence-electron chi connectivity index (χ4n) is 5.06. The lowest BCUT2D eigenvalue weighted by atomic mass is 10.1. The van der Waals surface area contributed by atoms with Crippen LogP contribution in [-0.4, -0.2) is 89.6 Å². The maximum Gasteiger partial charge on any atom is 0.317 e. The Balaban J connectivity index is 1.08. The number of nitrogens with one attached hydrogen (secondary N) is 2. The Labute approximate surface area is 224 Å². The number of rotatable bonds is 8. The molecule has 9 heteroatoms. The van der Waals surface area contributed by atoms with Gasteiger partial charge in [-0.3, -0.25) is 14.7 Å². The first-order valence-corrected chi connectivity index (χ1v) is 13.5. The average molecular weight is 516 g/mol. The van der Waals surface area contributed by atoms with Gasteiger partial charge in [-0.1, -0.05) is 60.7 Å². The molecule has 2 aliphatic rings. The molecular weight excluding hydrogens is 478 g/mol. The lowest BCUT2D eigenvalue weighted by Gasteiger charge is -2.36. The number of hydrogen-bond acceptors (Lipinski definition) is 6. The van der Waals surface area contributed by atoms with E-state index in [1.54, 1.807) is 6.07 Å². The van der Waals surface area contributed by atoms with Crippen LogP contribution in [0.1, 0.15) is 16.8 Å². The molecule has 3 aromatic rings. The molecule has 2 N–H and O–H groups in total. The number of urea groups is 1. The molecule has 0 unspecified atom stereocenters. The molecule has 5 rings (SSSR count). The quantitative estimate of drug-likeness (QED) is 0.478. The zero-order chi connectivity index (χ0) is 26.2. The van der Waals surface area contributed by atoms with E-state index < -0.39 is 0 Å². The van der Waals surface area contributed by atoms with Gasteiger partial charge in [0.15, 0.2) is 0 Å². The first kappa shape index (κ1) is 25.9. The number of nitrogens with zero attached hydrogens (tertiary/aromatic N) is 5. The highest BCUT2D eigenvalue weighted by molar-refractivity contribution is 5.74. The summed E-state index contributed by atoms with van der Waals surface area (Å²) in [5.41, 5.74) is 3.12. The molecule has 0 radical (unpaired) electrons. The standard InChI is InChI=1S/C29H37N7O2/c37-27-21-26(23-34-15-13-33(14-16-34)12-11-24-7-3-1-4-8-24)31-28(32-27)35-17-19-36(20-18-35)29(38)30-22-25-9-5-2-6-10-25/h1-10,21H,11-20,22-23H2,(H,30,38)(H,31,32,37). The number of carbonyl (C=O) groups is 1. The van der Waals surface area contributed by atoms with E-state index in [2.05, 4.69) is 55.3 Å². The second-order valence-electron chi connectivity index (χ2n) is 10.0. The SMILES string of the molecule is O=C(NCc1ccccc1)N1CCN(c2nc(CN3CCN(CCc4ccccc4)CC3)cc(=O)[nH]2)CC1. The van der Waals surface area contributed by atoms with Gasteiger partial charge in [0.1, 0.15) is 0 Å². The van der Waals surface area contributed by atoms with Crippen molar-refractivity contribution >= 4 is 12.0 Å². The van der Waals surface area contributed by atoms with E-state index in [1.165, 1.54) is 5.56 Å². The molecule has 0 saturated carbocycles. The molecule has 0 spiro atoms. The summed E-state index contributed by atoms with van der Waals surface area (Å²) in [7, 11) is 0. The van der Waals surface area contributed by atoms with Gasteiger partial charge in [-0.05, 0) is 17.5 Å². The van der Waals surface area contributed by atoms with Crippen LogP contribution in [0.3, 0.4) is 0 Å². The molecule has 0 atom stereocenters. The highest BCUT2D eigenvalue weighted by Crippen LogP contribution is 2.13. The molecule has 3 heterocycles. The highest BCUT2D eigenvalue weighted by Gasteiger charge is 2.23. The number of anilines is 1. The minimum absolute atomic E-state index is 0.0633. The summed E-state index contributed by atoms with van der Waals surface area (Å²) in [6.45, 7) is 8.67. The van der Waals surface area contributed by atoms with Crippen molar-refractivity contribution < 1.29 is 4.79 Å². The molecule has 2 aromatic carbocycles. The van der Waals surface area contributed by atoms with Crippen LogP contribution in [-0.2, 0) is 19.5 Å². The van der Waals surface area contributed by atoms with E-state index in [0.29, 0.717) is 45.2 Å². The third-order valence-electron chi connectivity index (χ3n) is 7.35. The van der Waals surface area contributed by atoms with Gasteiger partial charge < -0.3 is 20.0 Å². The number of aromatic nitrogens is 2. The van der Waals surface area contributed by atoms with Crippen molar-refractivity contribution in [3.8, 4) is 0 Å². The van der Waals surface area contributed by atoms with Gasteiger partial charge in [0, 0.05) is 78.1 Å². The number of benzene rings is 2. The third kappa shape index (κ3) is 7.20. The molecule has 2 saturated heterocycles. The Morgan fingerprint density at radius 2 is 1.45 bits per heavy atom. The molecular formula is C29H37N7O2. The van der Waals surface area contributed by atoms with Gasteiger partial charge in [-0.2, -0.15) is 0 Å². The van der Waals surface area contributed by atoms with Crippen LogP contribution in [0, 0.1) is 0 Å². The highest BCUT2D eigenvalue weighted by atomic mass is 16.2. The fraction of sp³-hybridized carbons (Fsp3) is 0.414. The van der Waals surface area contributed by atoms with Crippen LogP contribution in [0.4, 0.5) is 10.7 Å². The van der Waals surface area contributed by atoms with Gasteiger partial charge >= 0.3 is 6.03 Å². The van der Waals surface area contributed by atoms with Crippen molar-refractivity contribution in [2.24, 2.45) is 0 Å². The lowest BCUT2D eigenvalue weighted by molar-refractivity contribution is 0.127. The number of amides is 2. The van der Waals surface area contributed by atoms with E-state index in [4.69, 9.17) is 4.98 Å². The van der Waals surface area contributed by atoms with Gasteiger partial charge in [0.25, 0.3) is 5.56 Å². The van der Waals surface area contributed by atoms with Crippen molar-refractivity contribution in [2.45, 2.75) is 19.5 Å². The second kappa shape index (κ2) is 12.7. The molecule has 2 fully saturated rings. The predicted octanol–water partition coefficient (Wildman–Crippen LogP) is 2.16. The van der Waals surface area contributed by atoms with Crippen molar-refractivity contribution in [3.63, 3.8) is 0 Å². The number of aromatic amines is 1. The van der Waals surface area contributed by atoms with Crippen molar-refractivity contribution in [1.29, 1.82) is 0 Å². The number of carbonyl (C=O) groups excluding carboxylic acids is 1. The summed E-state index contributed by atoms with van der Waals surface area (Å²) < 4.78 is 0. The molecule has 200 valence electrons. The van der Waals surface area contributed by atoms with E-state index in [-0.39, 0.29) is 11.6 Å². The first-order valence-electron chi connectivity index (χ1n) is 13.5. The first-order chi connectivity index (χ1) is 18.6. The smallest absolute Gasteiger partial charge is 0.317 e. The monoisotopic (exact) mass is 515 g/mol. The normalized spacial score (nSPS) is 16.9. The van der Waals surface area contributed by atoms with Crippen molar-refractivity contribution in [3.05, 3.63) is 93.9 Å². The van der Waals surface area contributed by atoms with Gasteiger partial charge in [0.2, 0.25) is 5.95 Å². The summed E-state index contributed by atoms with van der Waals surface area (Å²) in [5, 5.41) is 2.99. The predicted molar refractivity (Wildman–Crippen MR) is 149 cm³/mol. The summed E-state index contributed by atoms with van der Waals surface area (Å²) in [6.07, 6.45) is 1.07. The van der Waals surface area contributed by atoms with Crippen molar-refractivity contribution in [1.82, 2.24) is 30.0 Å².